The van der Waals surface area contributed by atoms with Gasteiger partial charge in [-0.2, -0.15) is 0 Å². The second-order valence-electron chi connectivity index (χ2n) is 6.61. The minimum absolute atomic E-state index is 0.182. The highest BCUT2D eigenvalue weighted by Gasteiger charge is 2.19. The van der Waals surface area contributed by atoms with Gasteiger partial charge in [-0.1, -0.05) is 0 Å². The van der Waals surface area contributed by atoms with Crippen molar-refractivity contribution in [3.05, 3.63) is 66.6 Å². The number of benzene rings is 1. The molecule has 0 aliphatic carbocycles. The lowest BCUT2D eigenvalue weighted by atomic mass is 10.2. The predicted molar refractivity (Wildman–Crippen MR) is 112 cm³/mol. The van der Waals surface area contributed by atoms with Gasteiger partial charge in [-0.25, -0.2) is 15.0 Å². The van der Waals surface area contributed by atoms with Crippen LogP contribution in [0.1, 0.15) is 10.4 Å². The fraction of sp³-hybridized carbons (Fsp3) is 0.238. The van der Waals surface area contributed by atoms with Gasteiger partial charge < -0.3 is 19.9 Å². The van der Waals surface area contributed by atoms with Gasteiger partial charge in [0.2, 0.25) is 5.95 Å². The number of methoxy groups -OCH3 is 1. The van der Waals surface area contributed by atoms with Crippen molar-refractivity contribution in [2.24, 2.45) is 0 Å². The van der Waals surface area contributed by atoms with Crippen LogP contribution < -0.4 is 19.9 Å². The van der Waals surface area contributed by atoms with Gasteiger partial charge in [0.25, 0.3) is 5.91 Å². The molecule has 8 nitrogen and oxygen atoms in total. The Hall–Kier alpha value is -3.68. The normalized spacial score (nSPS) is 13.8. The number of carbonyl (C=O) groups excluding carboxylic acids is 1. The highest BCUT2D eigenvalue weighted by molar-refractivity contribution is 6.04. The van der Waals surface area contributed by atoms with Crippen molar-refractivity contribution in [3.8, 4) is 5.75 Å². The molecule has 1 N–H and O–H groups in total. The van der Waals surface area contributed by atoms with Crippen LogP contribution in [0.25, 0.3) is 0 Å². The van der Waals surface area contributed by atoms with Crippen molar-refractivity contribution < 1.29 is 9.53 Å². The van der Waals surface area contributed by atoms with E-state index in [1.165, 1.54) is 0 Å². The van der Waals surface area contributed by atoms with Crippen LogP contribution in [0.3, 0.4) is 0 Å². The fourth-order valence-electron chi connectivity index (χ4n) is 3.18. The number of hydrogen-bond donors (Lipinski definition) is 1. The van der Waals surface area contributed by atoms with Crippen molar-refractivity contribution in [1.82, 2.24) is 15.0 Å². The zero-order valence-corrected chi connectivity index (χ0v) is 16.2. The number of anilines is 3. The van der Waals surface area contributed by atoms with Crippen LogP contribution >= 0.6 is 0 Å². The van der Waals surface area contributed by atoms with E-state index < -0.39 is 0 Å². The van der Waals surface area contributed by atoms with E-state index in [-0.39, 0.29) is 5.91 Å². The molecule has 1 aromatic carbocycles. The number of nitrogens with one attached hydrogen (secondary N) is 1. The number of amides is 1. The van der Waals surface area contributed by atoms with Crippen molar-refractivity contribution in [2.45, 2.75) is 0 Å². The molecule has 1 fully saturated rings. The number of nitrogens with zero attached hydrogens (tertiary/aromatic N) is 5. The van der Waals surface area contributed by atoms with Crippen molar-refractivity contribution in [3.63, 3.8) is 0 Å². The van der Waals surface area contributed by atoms with Crippen LogP contribution in [0.4, 0.5) is 17.5 Å². The predicted octanol–water partition coefficient (Wildman–Crippen LogP) is 2.46. The molecule has 2 aromatic heterocycles. The number of carbonyl (C=O) groups is 1. The third-order valence-electron chi connectivity index (χ3n) is 4.80. The second-order valence-corrected chi connectivity index (χ2v) is 6.61. The Labute approximate surface area is 169 Å². The summed E-state index contributed by atoms with van der Waals surface area (Å²) in [4.78, 5) is 29.9. The number of hydrogen-bond acceptors (Lipinski definition) is 7. The molecule has 0 bridgehead atoms. The van der Waals surface area contributed by atoms with Gasteiger partial charge in [0.05, 0.1) is 19.0 Å². The Morgan fingerprint density at radius 3 is 2.24 bits per heavy atom. The summed E-state index contributed by atoms with van der Waals surface area (Å²) in [5.41, 5.74) is 1.22. The van der Waals surface area contributed by atoms with E-state index in [1.807, 2.05) is 18.2 Å². The van der Waals surface area contributed by atoms with Gasteiger partial charge in [0, 0.05) is 44.1 Å². The van der Waals surface area contributed by atoms with Gasteiger partial charge in [-0.05, 0) is 42.5 Å². The van der Waals surface area contributed by atoms with Crippen LogP contribution in [-0.2, 0) is 0 Å². The Morgan fingerprint density at radius 1 is 0.931 bits per heavy atom. The zero-order chi connectivity index (χ0) is 20.1. The number of ether oxygens (including phenoxy) is 1. The van der Waals surface area contributed by atoms with Gasteiger partial charge in [0.1, 0.15) is 11.6 Å². The monoisotopic (exact) mass is 390 g/mol. The Kier molecular flexibility index (Phi) is 5.51. The van der Waals surface area contributed by atoms with Crippen LogP contribution in [0, 0.1) is 0 Å². The van der Waals surface area contributed by atoms with Gasteiger partial charge in [-0.15, -0.1) is 0 Å². The lowest BCUT2D eigenvalue weighted by molar-refractivity contribution is 0.102. The summed E-state index contributed by atoms with van der Waals surface area (Å²) < 4.78 is 5.11. The average molecular weight is 390 g/mol. The number of rotatable bonds is 5. The number of pyridine rings is 1. The van der Waals surface area contributed by atoms with Crippen LogP contribution in [0.5, 0.6) is 5.75 Å². The summed E-state index contributed by atoms with van der Waals surface area (Å²) in [6.07, 6.45) is 5.20. The summed E-state index contributed by atoms with van der Waals surface area (Å²) in [7, 11) is 1.59. The lowest BCUT2D eigenvalue weighted by Crippen LogP contribution is -2.47. The third-order valence-corrected chi connectivity index (χ3v) is 4.80. The van der Waals surface area contributed by atoms with Crippen LogP contribution in [-0.4, -0.2) is 54.1 Å². The van der Waals surface area contributed by atoms with E-state index in [0.29, 0.717) is 17.0 Å². The molecular formula is C21H22N6O2. The quantitative estimate of drug-likeness (QED) is 0.716. The smallest absolute Gasteiger partial charge is 0.255 e. The van der Waals surface area contributed by atoms with E-state index in [1.54, 1.807) is 50.0 Å². The highest BCUT2D eigenvalue weighted by atomic mass is 16.5. The van der Waals surface area contributed by atoms with Crippen molar-refractivity contribution in [1.29, 1.82) is 0 Å². The van der Waals surface area contributed by atoms with Crippen LogP contribution in [0.15, 0.2) is 61.1 Å². The number of aromatic nitrogens is 3. The maximum absolute atomic E-state index is 12.4. The molecule has 1 aliphatic heterocycles. The third kappa shape index (κ3) is 4.43. The molecule has 3 aromatic rings. The van der Waals surface area contributed by atoms with Crippen molar-refractivity contribution in [2.75, 3.05) is 48.4 Å². The SMILES string of the molecule is COc1ccc(C(=O)Nc2ccc(N3CCN(c4ncccn4)CC3)nc2)cc1. The molecule has 4 rings (SSSR count). The van der Waals surface area contributed by atoms with Gasteiger partial charge >= 0.3 is 0 Å². The first kappa shape index (κ1) is 18.7. The van der Waals surface area contributed by atoms with E-state index in [2.05, 4.69) is 30.1 Å². The number of piperazine rings is 1. The molecule has 0 radical (unpaired) electrons. The Balaban J connectivity index is 1.34. The molecule has 1 saturated heterocycles. The fourth-order valence-corrected chi connectivity index (χ4v) is 3.18. The minimum Gasteiger partial charge on any atom is -0.497 e. The average Bonchev–Trinajstić information content (AvgIpc) is 2.80. The molecule has 0 saturated carbocycles. The molecule has 1 amide bonds. The first-order valence-corrected chi connectivity index (χ1v) is 9.41. The minimum atomic E-state index is -0.182. The topological polar surface area (TPSA) is 83.5 Å². The van der Waals surface area contributed by atoms with E-state index in [0.717, 1.165) is 37.9 Å². The molecule has 1 aliphatic rings. The summed E-state index contributed by atoms with van der Waals surface area (Å²) in [6.45, 7) is 3.34. The van der Waals surface area contributed by atoms with Gasteiger partial charge in [0.15, 0.2) is 0 Å². The molecule has 0 spiro atoms. The van der Waals surface area contributed by atoms with Crippen molar-refractivity contribution >= 4 is 23.4 Å². The molecule has 0 unspecified atom stereocenters. The molecular weight excluding hydrogens is 368 g/mol. The maximum atomic E-state index is 12.4. The molecule has 3 heterocycles. The van der Waals surface area contributed by atoms with Crippen LogP contribution in [0.2, 0.25) is 0 Å². The summed E-state index contributed by atoms with van der Waals surface area (Å²) in [6, 6.07) is 12.6. The first-order chi connectivity index (χ1) is 14.2. The maximum Gasteiger partial charge on any atom is 0.255 e. The lowest BCUT2D eigenvalue weighted by Gasteiger charge is -2.35. The highest BCUT2D eigenvalue weighted by Crippen LogP contribution is 2.19. The Morgan fingerprint density at radius 2 is 1.62 bits per heavy atom. The standard InChI is InChI=1S/C21H22N6O2/c1-29-18-6-3-16(4-7-18)20(28)25-17-5-8-19(24-15-17)26-11-13-27(14-12-26)21-22-9-2-10-23-21/h2-10,15H,11-14H2,1H3,(H,25,28). The Bertz CT molecular complexity index is 939. The molecule has 148 valence electrons. The van der Waals surface area contributed by atoms with E-state index >= 15 is 0 Å². The molecule has 29 heavy (non-hydrogen) atoms. The summed E-state index contributed by atoms with van der Waals surface area (Å²) >= 11 is 0. The first-order valence-electron chi connectivity index (χ1n) is 9.41. The van der Waals surface area contributed by atoms with E-state index in [9.17, 15) is 4.79 Å². The van der Waals surface area contributed by atoms with Gasteiger partial charge in [-0.3, -0.25) is 4.79 Å². The van der Waals surface area contributed by atoms with E-state index in [4.69, 9.17) is 4.74 Å². The largest absolute Gasteiger partial charge is 0.497 e. The molecule has 8 heteroatoms. The second kappa shape index (κ2) is 8.55. The summed E-state index contributed by atoms with van der Waals surface area (Å²) in [5.74, 6) is 2.18. The zero-order valence-electron chi connectivity index (χ0n) is 16.2. The molecule has 0 atom stereocenters. The summed E-state index contributed by atoms with van der Waals surface area (Å²) in [5, 5.41) is 2.87.